The normalized spacial score (nSPS) is 11.7. The van der Waals surface area contributed by atoms with Gasteiger partial charge in [0.2, 0.25) is 5.91 Å². The van der Waals surface area contributed by atoms with Gasteiger partial charge in [0.15, 0.2) is 0 Å². The van der Waals surface area contributed by atoms with E-state index < -0.39 is 6.17 Å². The summed E-state index contributed by atoms with van der Waals surface area (Å²) in [5, 5.41) is 2.17. The van der Waals surface area contributed by atoms with E-state index in [1.165, 1.54) is 11.9 Å². The molecular formula is C31H32BrN3O. The van der Waals surface area contributed by atoms with E-state index in [9.17, 15) is 4.79 Å². The van der Waals surface area contributed by atoms with Crippen LogP contribution >= 0.6 is 15.9 Å². The Morgan fingerprint density at radius 1 is 0.861 bits per heavy atom. The van der Waals surface area contributed by atoms with Crippen molar-refractivity contribution in [2.24, 2.45) is 5.84 Å². The number of hydrogen-bond acceptors (Lipinski definition) is 3. The smallest absolute Gasteiger partial charge is 0.235 e. The topological polar surface area (TPSA) is 49.6 Å². The van der Waals surface area contributed by atoms with Gasteiger partial charge >= 0.3 is 0 Å². The molecule has 36 heavy (non-hydrogen) atoms. The molecule has 1 unspecified atom stereocenters. The van der Waals surface area contributed by atoms with Crippen molar-refractivity contribution in [1.82, 2.24) is 5.01 Å². The van der Waals surface area contributed by atoms with Crippen LogP contribution in [0.4, 0.5) is 5.69 Å². The molecule has 0 radical (unpaired) electrons. The number of rotatable bonds is 9. The fraction of sp³-hybridized carbons (Fsp3) is 0.194. The molecule has 5 heteroatoms. The number of anilines is 1. The van der Waals surface area contributed by atoms with Crippen LogP contribution in [0.1, 0.15) is 35.3 Å². The van der Waals surface area contributed by atoms with Crippen molar-refractivity contribution in [3.05, 3.63) is 125 Å². The Kier molecular flexibility index (Phi) is 8.57. The van der Waals surface area contributed by atoms with Crippen LogP contribution < -0.4 is 10.7 Å². The summed E-state index contributed by atoms with van der Waals surface area (Å²) in [5.74, 6) is 6.39. The van der Waals surface area contributed by atoms with Crippen LogP contribution in [0.25, 0.3) is 11.1 Å². The van der Waals surface area contributed by atoms with Crippen LogP contribution in [0.2, 0.25) is 0 Å². The summed E-state index contributed by atoms with van der Waals surface area (Å²) >= 11 is 3.64. The van der Waals surface area contributed by atoms with Crippen molar-refractivity contribution in [2.45, 2.75) is 33.0 Å². The van der Waals surface area contributed by atoms with Gasteiger partial charge in [0.25, 0.3) is 0 Å². The first kappa shape index (κ1) is 25.7. The monoisotopic (exact) mass is 541 g/mol. The van der Waals surface area contributed by atoms with Crippen molar-refractivity contribution in [2.75, 3.05) is 10.2 Å². The number of halogens is 1. The number of hydrogen-bond donors (Lipinski definition) is 1. The Bertz CT molecular complexity index is 1290. The molecule has 1 atom stereocenters. The lowest BCUT2D eigenvalue weighted by Crippen LogP contribution is -2.48. The highest BCUT2D eigenvalue weighted by atomic mass is 79.9. The summed E-state index contributed by atoms with van der Waals surface area (Å²) < 4.78 is 0. The van der Waals surface area contributed by atoms with E-state index in [0.717, 1.165) is 50.8 Å². The molecule has 0 aromatic heterocycles. The SMILES string of the molecule is CC(=O)N(N)C(c1ccc(-c2ccccc2)cc1CCBr)N(Cc1ccccc1)c1ccccc1C. The quantitative estimate of drug-likeness (QED) is 0.0813. The van der Waals surface area contributed by atoms with E-state index >= 15 is 0 Å². The second kappa shape index (κ2) is 12.0. The van der Waals surface area contributed by atoms with E-state index in [2.05, 4.69) is 82.4 Å². The maximum absolute atomic E-state index is 12.8. The van der Waals surface area contributed by atoms with Crippen LogP contribution in [0.5, 0.6) is 0 Å². The highest BCUT2D eigenvalue weighted by molar-refractivity contribution is 9.09. The predicted molar refractivity (Wildman–Crippen MR) is 153 cm³/mol. The minimum Gasteiger partial charge on any atom is -0.342 e. The third-order valence-electron chi connectivity index (χ3n) is 6.44. The molecule has 0 fully saturated rings. The van der Waals surface area contributed by atoms with Crippen LogP contribution in [0, 0.1) is 6.92 Å². The molecule has 2 N–H and O–H groups in total. The summed E-state index contributed by atoms with van der Waals surface area (Å²) in [6.07, 6.45) is 0.327. The molecule has 0 saturated carbocycles. The van der Waals surface area contributed by atoms with Gasteiger partial charge in [-0.2, -0.15) is 0 Å². The fourth-order valence-electron chi connectivity index (χ4n) is 4.60. The van der Waals surface area contributed by atoms with Gasteiger partial charge in [-0.3, -0.25) is 9.80 Å². The maximum Gasteiger partial charge on any atom is 0.235 e. The number of carbonyl (C=O) groups is 1. The van der Waals surface area contributed by atoms with Crippen molar-refractivity contribution in [1.29, 1.82) is 0 Å². The molecule has 0 spiro atoms. The summed E-state index contributed by atoms with van der Waals surface area (Å²) in [6, 6.07) is 35.4. The second-order valence-corrected chi connectivity index (χ2v) is 9.71. The highest BCUT2D eigenvalue weighted by Crippen LogP contribution is 2.36. The summed E-state index contributed by atoms with van der Waals surface area (Å²) in [4.78, 5) is 15.0. The van der Waals surface area contributed by atoms with Gasteiger partial charge in [0.1, 0.15) is 6.17 Å². The zero-order chi connectivity index (χ0) is 25.5. The molecular weight excluding hydrogens is 510 g/mol. The predicted octanol–water partition coefficient (Wildman–Crippen LogP) is 7.03. The zero-order valence-corrected chi connectivity index (χ0v) is 22.4. The zero-order valence-electron chi connectivity index (χ0n) is 20.8. The second-order valence-electron chi connectivity index (χ2n) is 8.92. The van der Waals surface area contributed by atoms with E-state index in [-0.39, 0.29) is 5.91 Å². The van der Waals surface area contributed by atoms with E-state index in [0.29, 0.717) is 6.54 Å². The summed E-state index contributed by atoms with van der Waals surface area (Å²) in [5.41, 5.74) is 7.79. The number of aryl methyl sites for hydroxylation is 2. The van der Waals surface area contributed by atoms with Gasteiger partial charge in [-0.1, -0.05) is 113 Å². The van der Waals surface area contributed by atoms with Crippen molar-refractivity contribution >= 4 is 27.5 Å². The standard InChI is InChI=1S/C31H32BrN3O/c1-23-11-9-10-16-30(23)34(22-25-12-5-3-6-13-25)31(35(33)24(2)36)29-18-17-27(21-28(29)19-20-32)26-14-7-4-8-15-26/h3-18,21,31H,19-20,22,33H2,1-2H3. The maximum atomic E-state index is 12.8. The van der Waals surface area contributed by atoms with Crippen LogP contribution in [0.15, 0.2) is 103 Å². The third-order valence-corrected chi connectivity index (χ3v) is 6.83. The average Bonchev–Trinajstić information content (AvgIpc) is 2.90. The van der Waals surface area contributed by atoms with Crippen LogP contribution in [-0.2, 0) is 17.8 Å². The van der Waals surface area contributed by atoms with Gasteiger partial charge < -0.3 is 4.90 Å². The lowest BCUT2D eigenvalue weighted by atomic mass is 9.95. The lowest BCUT2D eigenvalue weighted by Gasteiger charge is -2.40. The molecule has 4 rings (SSSR count). The van der Waals surface area contributed by atoms with Gasteiger partial charge in [-0.05, 0) is 52.8 Å². The first-order valence-corrected chi connectivity index (χ1v) is 13.3. The molecule has 0 aliphatic carbocycles. The minimum atomic E-state index is -0.484. The first-order chi connectivity index (χ1) is 17.5. The van der Waals surface area contributed by atoms with E-state index in [1.54, 1.807) is 0 Å². The van der Waals surface area contributed by atoms with Crippen molar-refractivity contribution in [3.63, 3.8) is 0 Å². The van der Waals surface area contributed by atoms with E-state index in [1.807, 2.05) is 48.5 Å². The van der Waals surface area contributed by atoms with Crippen molar-refractivity contribution < 1.29 is 4.79 Å². The Labute approximate surface area is 222 Å². The van der Waals surface area contributed by atoms with Gasteiger partial charge in [-0.15, -0.1) is 0 Å². The van der Waals surface area contributed by atoms with Crippen LogP contribution in [-0.4, -0.2) is 16.2 Å². The van der Waals surface area contributed by atoms with Crippen LogP contribution in [0.3, 0.4) is 0 Å². The Balaban J connectivity index is 1.89. The van der Waals surface area contributed by atoms with Gasteiger partial charge in [0.05, 0.1) is 0 Å². The Morgan fingerprint density at radius 3 is 2.14 bits per heavy atom. The molecule has 4 aromatic carbocycles. The fourth-order valence-corrected chi connectivity index (χ4v) is 5.02. The number of para-hydroxylation sites is 1. The lowest BCUT2D eigenvalue weighted by molar-refractivity contribution is -0.131. The molecule has 0 aliphatic rings. The Morgan fingerprint density at radius 2 is 1.50 bits per heavy atom. The Hall–Kier alpha value is -3.41. The third kappa shape index (κ3) is 5.86. The van der Waals surface area contributed by atoms with Gasteiger partial charge in [-0.25, -0.2) is 5.84 Å². The molecule has 0 saturated heterocycles. The number of benzene rings is 4. The molecule has 1 amide bonds. The van der Waals surface area contributed by atoms with E-state index in [4.69, 9.17) is 5.84 Å². The number of nitrogens with two attached hydrogens (primary N) is 1. The van der Waals surface area contributed by atoms with Crippen molar-refractivity contribution in [3.8, 4) is 11.1 Å². The number of nitrogens with zero attached hydrogens (tertiary/aromatic N) is 2. The number of amides is 1. The number of hydrazine groups is 1. The molecule has 0 heterocycles. The first-order valence-electron chi connectivity index (χ1n) is 12.1. The molecule has 0 bridgehead atoms. The van der Waals surface area contributed by atoms with Gasteiger partial charge in [0, 0.05) is 24.5 Å². The number of carbonyl (C=O) groups excluding carboxylic acids is 1. The molecule has 184 valence electrons. The number of alkyl halides is 1. The highest BCUT2D eigenvalue weighted by Gasteiger charge is 2.30. The average molecular weight is 543 g/mol. The molecule has 4 aromatic rings. The largest absolute Gasteiger partial charge is 0.342 e. The summed E-state index contributed by atoms with van der Waals surface area (Å²) in [6.45, 7) is 4.22. The molecule has 0 aliphatic heterocycles. The summed E-state index contributed by atoms with van der Waals surface area (Å²) in [7, 11) is 0. The molecule has 4 nitrogen and oxygen atoms in total. The minimum absolute atomic E-state index is 0.191.